The molecule has 0 bridgehead atoms. The van der Waals surface area contributed by atoms with E-state index in [0.29, 0.717) is 36.1 Å². The van der Waals surface area contributed by atoms with Gasteiger partial charge in [-0.2, -0.15) is 0 Å². The average Bonchev–Trinajstić information content (AvgIpc) is 2.47. The maximum Gasteiger partial charge on any atom is 0.319 e. The Bertz CT molecular complexity index is 578. The van der Waals surface area contributed by atoms with E-state index in [0.717, 1.165) is 0 Å². The first-order chi connectivity index (χ1) is 11.2. The Balaban J connectivity index is 2.72. The van der Waals surface area contributed by atoms with Gasteiger partial charge in [0.25, 0.3) is 0 Å². The van der Waals surface area contributed by atoms with Crippen molar-refractivity contribution >= 4 is 29.3 Å². The molecule has 0 unspecified atom stereocenters. The molecule has 0 heterocycles. The van der Waals surface area contributed by atoms with Gasteiger partial charge in [0, 0.05) is 19.1 Å². The summed E-state index contributed by atoms with van der Waals surface area (Å²) in [6, 6.07) is 4.54. The van der Waals surface area contributed by atoms with Crippen molar-refractivity contribution in [3.8, 4) is 5.75 Å². The van der Waals surface area contributed by atoms with E-state index in [-0.39, 0.29) is 6.42 Å². The molecule has 0 aliphatic carbocycles. The first-order valence-corrected chi connectivity index (χ1v) is 7.84. The molecule has 0 aromatic heterocycles. The van der Waals surface area contributed by atoms with Gasteiger partial charge < -0.3 is 25.2 Å². The summed E-state index contributed by atoms with van der Waals surface area (Å²) in [5.41, 5.74) is -0.247. The number of amides is 2. The Labute approximate surface area is 146 Å². The number of methoxy groups -OCH3 is 1. The van der Waals surface area contributed by atoms with Gasteiger partial charge in [-0.25, -0.2) is 4.79 Å². The molecular weight excluding hydrogens is 336 g/mol. The molecule has 1 aromatic carbocycles. The molecule has 2 amide bonds. The lowest BCUT2D eigenvalue weighted by Gasteiger charge is -2.26. The second kappa shape index (κ2) is 9.34. The Morgan fingerprint density at radius 2 is 2.00 bits per heavy atom. The highest BCUT2D eigenvalue weighted by molar-refractivity contribution is 6.32. The highest BCUT2D eigenvalue weighted by Gasteiger charge is 2.22. The number of halogens is 1. The standard InChI is InChI=1S/C16H23ClN2O5/c1-16(2,8-7-13(20)21)19-15(22)18-12-6-4-5-11(17)14(12)24-10-9-23-3/h4-6H,7-10H2,1-3H3,(H,20,21)(H2,18,19,22). The van der Waals surface area contributed by atoms with Crippen LogP contribution in [0.25, 0.3) is 0 Å². The Morgan fingerprint density at radius 3 is 2.62 bits per heavy atom. The van der Waals surface area contributed by atoms with E-state index in [1.165, 1.54) is 0 Å². The summed E-state index contributed by atoms with van der Waals surface area (Å²) < 4.78 is 10.5. The quantitative estimate of drug-likeness (QED) is 0.589. The van der Waals surface area contributed by atoms with Crippen LogP contribution in [0, 0.1) is 0 Å². The van der Waals surface area contributed by atoms with E-state index in [4.69, 9.17) is 26.2 Å². The minimum atomic E-state index is -0.908. The fraction of sp³-hybridized carbons (Fsp3) is 0.500. The molecule has 0 aliphatic rings. The number of hydrogen-bond donors (Lipinski definition) is 3. The molecule has 3 N–H and O–H groups in total. The summed E-state index contributed by atoms with van der Waals surface area (Å²) in [5.74, 6) is -0.552. The van der Waals surface area contributed by atoms with Gasteiger partial charge in [0.1, 0.15) is 6.61 Å². The molecule has 134 valence electrons. The van der Waals surface area contributed by atoms with Crippen LogP contribution in [0.1, 0.15) is 26.7 Å². The van der Waals surface area contributed by atoms with E-state index in [1.54, 1.807) is 39.2 Å². The van der Waals surface area contributed by atoms with Gasteiger partial charge in [0.2, 0.25) is 0 Å². The largest absolute Gasteiger partial charge is 0.487 e. The fourth-order valence-corrected chi connectivity index (χ4v) is 2.15. The number of hydrogen-bond acceptors (Lipinski definition) is 4. The van der Waals surface area contributed by atoms with Gasteiger partial charge in [-0.3, -0.25) is 4.79 Å². The zero-order valence-electron chi connectivity index (χ0n) is 14.0. The van der Waals surface area contributed by atoms with E-state index < -0.39 is 17.5 Å². The van der Waals surface area contributed by atoms with E-state index in [2.05, 4.69) is 10.6 Å². The lowest BCUT2D eigenvalue weighted by Crippen LogP contribution is -2.45. The molecule has 0 saturated heterocycles. The molecule has 1 rings (SSSR count). The predicted octanol–water partition coefficient (Wildman–Crippen LogP) is 3.13. The molecule has 8 heteroatoms. The summed E-state index contributed by atoms with van der Waals surface area (Å²) in [7, 11) is 1.56. The molecule has 24 heavy (non-hydrogen) atoms. The number of aliphatic carboxylic acids is 1. The third kappa shape index (κ3) is 7.06. The summed E-state index contributed by atoms with van der Waals surface area (Å²) in [5, 5.41) is 14.5. The van der Waals surface area contributed by atoms with Crippen molar-refractivity contribution < 1.29 is 24.2 Å². The van der Waals surface area contributed by atoms with Crippen LogP contribution in [-0.2, 0) is 9.53 Å². The van der Waals surface area contributed by atoms with Crippen molar-refractivity contribution in [3.05, 3.63) is 23.2 Å². The number of rotatable bonds is 9. The molecule has 0 radical (unpaired) electrons. The number of carbonyl (C=O) groups is 2. The second-order valence-electron chi connectivity index (χ2n) is 5.81. The van der Waals surface area contributed by atoms with Crippen LogP contribution in [0.4, 0.5) is 10.5 Å². The molecular formula is C16H23ClN2O5. The number of benzene rings is 1. The van der Waals surface area contributed by atoms with E-state index >= 15 is 0 Å². The lowest BCUT2D eigenvalue weighted by molar-refractivity contribution is -0.137. The van der Waals surface area contributed by atoms with Crippen molar-refractivity contribution in [2.45, 2.75) is 32.2 Å². The minimum absolute atomic E-state index is 0.0319. The molecule has 1 aromatic rings. The molecule has 0 fully saturated rings. The van der Waals surface area contributed by atoms with Crippen LogP contribution in [0.2, 0.25) is 5.02 Å². The Kier molecular flexibility index (Phi) is 7.81. The van der Waals surface area contributed by atoms with Gasteiger partial charge in [0.05, 0.1) is 17.3 Å². The zero-order chi connectivity index (χ0) is 18.2. The maximum absolute atomic E-state index is 12.2. The lowest BCUT2D eigenvalue weighted by atomic mass is 9.99. The Hall–Kier alpha value is -1.99. The van der Waals surface area contributed by atoms with Crippen LogP contribution < -0.4 is 15.4 Å². The summed E-state index contributed by atoms with van der Waals surface area (Å²) in [6.45, 7) is 4.19. The van der Waals surface area contributed by atoms with Crippen LogP contribution in [0.3, 0.4) is 0 Å². The van der Waals surface area contributed by atoms with Crippen molar-refractivity contribution in [3.63, 3.8) is 0 Å². The zero-order valence-corrected chi connectivity index (χ0v) is 14.8. The van der Waals surface area contributed by atoms with Crippen molar-refractivity contribution in [2.24, 2.45) is 0 Å². The highest BCUT2D eigenvalue weighted by Crippen LogP contribution is 2.33. The molecule has 0 aliphatic heterocycles. The first kappa shape index (κ1) is 20.1. The van der Waals surface area contributed by atoms with Crippen molar-refractivity contribution in [1.29, 1.82) is 0 Å². The first-order valence-electron chi connectivity index (χ1n) is 7.46. The van der Waals surface area contributed by atoms with Gasteiger partial charge >= 0.3 is 12.0 Å². The van der Waals surface area contributed by atoms with Gasteiger partial charge in [-0.05, 0) is 32.4 Å². The predicted molar refractivity (Wildman–Crippen MR) is 91.9 cm³/mol. The van der Waals surface area contributed by atoms with Gasteiger partial charge in [-0.15, -0.1) is 0 Å². The average molecular weight is 359 g/mol. The third-order valence-corrected chi connectivity index (χ3v) is 3.46. The topological polar surface area (TPSA) is 96.9 Å². The monoisotopic (exact) mass is 358 g/mol. The summed E-state index contributed by atoms with van der Waals surface area (Å²) in [6.07, 6.45) is 0.276. The maximum atomic E-state index is 12.2. The molecule has 0 atom stereocenters. The summed E-state index contributed by atoms with van der Waals surface area (Å²) >= 11 is 6.11. The second-order valence-corrected chi connectivity index (χ2v) is 6.22. The SMILES string of the molecule is COCCOc1c(Cl)cccc1NC(=O)NC(C)(C)CCC(=O)O. The number of nitrogens with one attached hydrogen (secondary N) is 2. The van der Waals surface area contributed by atoms with Gasteiger partial charge in [-0.1, -0.05) is 17.7 Å². The van der Waals surface area contributed by atoms with Crippen molar-refractivity contribution in [1.82, 2.24) is 5.32 Å². The number of anilines is 1. The fourth-order valence-electron chi connectivity index (χ4n) is 1.92. The van der Waals surface area contributed by atoms with Crippen molar-refractivity contribution in [2.75, 3.05) is 25.6 Å². The molecule has 0 spiro atoms. The van der Waals surface area contributed by atoms with E-state index in [9.17, 15) is 9.59 Å². The number of carbonyl (C=O) groups excluding carboxylic acids is 1. The highest BCUT2D eigenvalue weighted by atomic mass is 35.5. The van der Waals surface area contributed by atoms with Crippen LogP contribution in [0.15, 0.2) is 18.2 Å². The third-order valence-electron chi connectivity index (χ3n) is 3.16. The number of carboxylic acids is 1. The van der Waals surface area contributed by atoms with Gasteiger partial charge in [0.15, 0.2) is 5.75 Å². The van der Waals surface area contributed by atoms with Crippen LogP contribution in [-0.4, -0.2) is 43.0 Å². The summed E-state index contributed by atoms with van der Waals surface area (Å²) in [4.78, 5) is 22.8. The minimum Gasteiger partial charge on any atom is -0.487 e. The molecule has 0 saturated carbocycles. The van der Waals surface area contributed by atoms with Crippen LogP contribution >= 0.6 is 11.6 Å². The number of ether oxygens (including phenoxy) is 2. The van der Waals surface area contributed by atoms with Crippen LogP contribution in [0.5, 0.6) is 5.75 Å². The number of para-hydroxylation sites is 1. The number of carboxylic acid groups (broad SMARTS) is 1. The Morgan fingerprint density at radius 1 is 1.29 bits per heavy atom. The number of urea groups is 1. The van der Waals surface area contributed by atoms with E-state index in [1.807, 2.05) is 0 Å². The molecule has 7 nitrogen and oxygen atoms in total. The smallest absolute Gasteiger partial charge is 0.319 e. The normalized spacial score (nSPS) is 11.0.